The number of hydrazone groups is 1. The predicted molar refractivity (Wildman–Crippen MR) is 62.4 cm³/mol. The summed E-state index contributed by atoms with van der Waals surface area (Å²) >= 11 is 6.82. The van der Waals surface area contributed by atoms with Crippen molar-refractivity contribution in [3.63, 3.8) is 0 Å². The first-order valence-electron chi connectivity index (χ1n) is 4.39. The highest BCUT2D eigenvalue weighted by Crippen LogP contribution is 2.22. The highest BCUT2D eigenvalue weighted by Gasteiger charge is 2.24. The summed E-state index contributed by atoms with van der Waals surface area (Å²) in [5.74, 6) is -2.07. The average molecular weight is 261 g/mol. The van der Waals surface area contributed by atoms with Gasteiger partial charge in [0, 0.05) is 6.54 Å². The third-order valence-electron chi connectivity index (χ3n) is 1.59. The van der Waals surface area contributed by atoms with Crippen molar-refractivity contribution < 1.29 is 14.7 Å². The summed E-state index contributed by atoms with van der Waals surface area (Å²) in [5.41, 5.74) is 1.88. The Kier molecular flexibility index (Phi) is 4.45. The lowest BCUT2D eigenvalue weighted by Crippen LogP contribution is -2.26. The second-order valence-electron chi connectivity index (χ2n) is 2.70. The zero-order chi connectivity index (χ0) is 12.1. The molecule has 0 aliphatic heterocycles. The number of carboxylic acid groups (broad SMARTS) is 1. The second kappa shape index (κ2) is 5.62. The van der Waals surface area contributed by atoms with Gasteiger partial charge in [0.1, 0.15) is 0 Å². The molecule has 0 atom stereocenters. The Bertz CT molecular complexity index is 442. The summed E-state index contributed by atoms with van der Waals surface area (Å²) in [4.78, 5) is 22.8. The van der Waals surface area contributed by atoms with E-state index in [-0.39, 0.29) is 9.90 Å². The summed E-state index contributed by atoms with van der Waals surface area (Å²) in [6.07, 6.45) is 0. The molecule has 5 nitrogen and oxygen atoms in total. The minimum absolute atomic E-state index is 0.181. The molecule has 0 unspecified atom stereocenters. The van der Waals surface area contributed by atoms with E-state index in [0.29, 0.717) is 6.54 Å². The van der Waals surface area contributed by atoms with Gasteiger partial charge in [0.2, 0.25) is 11.5 Å². The second-order valence-corrected chi connectivity index (χ2v) is 4.03. The van der Waals surface area contributed by atoms with Gasteiger partial charge in [-0.25, -0.2) is 4.79 Å². The maximum atomic E-state index is 11.7. The predicted octanol–water partition coefficient (Wildman–Crippen LogP) is 1.63. The molecule has 86 valence electrons. The first-order valence-corrected chi connectivity index (χ1v) is 5.65. The van der Waals surface area contributed by atoms with Crippen LogP contribution >= 0.6 is 22.9 Å². The monoisotopic (exact) mass is 260 g/mol. The summed E-state index contributed by atoms with van der Waals surface area (Å²) in [7, 11) is 0. The Hall–Kier alpha value is -1.40. The van der Waals surface area contributed by atoms with E-state index in [2.05, 4.69) is 10.5 Å². The van der Waals surface area contributed by atoms with Gasteiger partial charge >= 0.3 is 5.97 Å². The largest absolute Gasteiger partial charge is 0.476 e. The highest BCUT2D eigenvalue weighted by molar-refractivity contribution is 7.14. The van der Waals surface area contributed by atoms with Crippen molar-refractivity contribution in [2.45, 2.75) is 6.92 Å². The molecule has 1 aromatic heterocycles. The fraction of sp³-hybridized carbons (Fsp3) is 0.222. The lowest BCUT2D eigenvalue weighted by molar-refractivity contribution is -0.129. The van der Waals surface area contributed by atoms with Crippen LogP contribution in [0.15, 0.2) is 16.5 Å². The Morgan fingerprint density at radius 2 is 2.31 bits per heavy atom. The number of carboxylic acids is 1. The topological polar surface area (TPSA) is 78.8 Å². The van der Waals surface area contributed by atoms with E-state index < -0.39 is 17.5 Å². The number of aliphatic carboxylic acids is 1. The van der Waals surface area contributed by atoms with E-state index >= 15 is 0 Å². The van der Waals surface area contributed by atoms with Gasteiger partial charge in [-0.15, -0.1) is 11.3 Å². The first-order chi connectivity index (χ1) is 7.57. The van der Waals surface area contributed by atoms with Crippen LogP contribution in [0.2, 0.25) is 5.02 Å². The van der Waals surface area contributed by atoms with E-state index in [9.17, 15) is 9.59 Å². The highest BCUT2D eigenvalue weighted by atomic mass is 35.5. The zero-order valence-corrected chi connectivity index (χ0v) is 9.93. The molecule has 0 radical (unpaired) electrons. The quantitative estimate of drug-likeness (QED) is 0.365. The third kappa shape index (κ3) is 2.80. The number of hydrogen-bond donors (Lipinski definition) is 2. The molecule has 7 heteroatoms. The number of nitrogens with zero attached hydrogens (tertiary/aromatic N) is 1. The first kappa shape index (κ1) is 12.7. The van der Waals surface area contributed by atoms with E-state index in [4.69, 9.17) is 16.7 Å². The van der Waals surface area contributed by atoms with Gasteiger partial charge in [0.25, 0.3) is 0 Å². The Morgan fingerprint density at radius 1 is 1.62 bits per heavy atom. The Labute approximate surface area is 101 Å². The van der Waals surface area contributed by atoms with Gasteiger partial charge < -0.3 is 10.5 Å². The fourth-order valence-corrected chi connectivity index (χ4v) is 2.00. The average Bonchev–Trinajstić information content (AvgIpc) is 2.64. The van der Waals surface area contributed by atoms with Crippen molar-refractivity contribution in [1.29, 1.82) is 0 Å². The molecular weight excluding hydrogens is 252 g/mol. The minimum atomic E-state index is -1.38. The zero-order valence-electron chi connectivity index (χ0n) is 8.36. The Balaban J connectivity index is 3.01. The number of nitrogens with one attached hydrogen (secondary N) is 1. The molecule has 1 rings (SSSR count). The molecule has 0 saturated carbocycles. The molecule has 0 saturated heterocycles. The minimum Gasteiger partial charge on any atom is -0.476 e. The van der Waals surface area contributed by atoms with E-state index in [1.54, 1.807) is 12.3 Å². The van der Waals surface area contributed by atoms with E-state index in [1.165, 1.54) is 6.07 Å². The van der Waals surface area contributed by atoms with Crippen LogP contribution in [0.5, 0.6) is 0 Å². The molecule has 1 aromatic rings. The van der Waals surface area contributed by atoms with Crippen LogP contribution in [-0.4, -0.2) is 29.1 Å². The summed E-state index contributed by atoms with van der Waals surface area (Å²) in [6.45, 7) is 2.17. The van der Waals surface area contributed by atoms with Gasteiger partial charge in [-0.05, 0) is 18.4 Å². The molecule has 0 aliphatic rings. The number of ketones is 1. The van der Waals surface area contributed by atoms with Crippen molar-refractivity contribution in [2.75, 3.05) is 6.54 Å². The number of carbonyl (C=O) groups is 2. The molecule has 0 aliphatic carbocycles. The summed E-state index contributed by atoms with van der Waals surface area (Å²) in [6, 6.07) is 1.53. The van der Waals surface area contributed by atoms with Crippen LogP contribution in [0.4, 0.5) is 0 Å². The molecule has 1 heterocycles. The molecule has 16 heavy (non-hydrogen) atoms. The van der Waals surface area contributed by atoms with Crippen molar-refractivity contribution >= 4 is 40.4 Å². The molecule has 0 amide bonds. The van der Waals surface area contributed by atoms with Crippen molar-refractivity contribution in [2.24, 2.45) is 5.10 Å². The molecular formula is C9H9ClN2O3S. The maximum Gasteiger partial charge on any atom is 0.360 e. The molecule has 2 N–H and O–H groups in total. The van der Waals surface area contributed by atoms with Gasteiger partial charge in [-0.3, -0.25) is 4.79 Å². The summed E-state index contributed by atoms with van der Waals surface area (Å²) < 4.78 is 0. The number of thiophene rings is 1. The lowest BCUT2D eigenvalue weighted by Gasteiger charge is -2.00. The summed E-state index contributed by atoms with van der Waals surface area (Å²) in [5, 5.41) is 14.2. The van der Waals surface area contributed by atoms with Crippen molar-refractivity contribution in [1.82, 2.24) is 5.43 Å². The van der Waals surface area contributed by atoms with Crippen LogP contribution in [-0.2, 0) is 4.79 Å². The molecule has 0 fully saturated rings. The number of halogens is 1. The van der Waals surface area contributed by atoms with Crippen LogP contribution in [0.1, 0.15) is 16.6 Å². The molecule has 0 aromatic carbocycles. The van der Waals surface area contributed by atoms with Gasteiger partial charge in [-0.1, -0.05) is 11.6 Å². The standard InChI is InChI=1S/C9H9ClN2O3S/c1-2-11-12-6(9(14)15)7(13)8-5(10)3-4-16-8/h3-4,11H,2H2,1H3,(H,14,15). The van der Waals surface area contributed by atoms with Crippen LogP contribution in [0.3, 0.4) is 0 Å². The van der Waals surface area contributed by atoms with Crippen LogP contribution in [0, 0.1) is 0 Å². The number of Topliss-reactive ketones (excluding diaryl/α,β-unsaturated/α-hetero) is 1. The van der Waals surface area contributed by atoms with Crippen molar-refractivity contribution in [3.05, 3.63) is 21.3 Å². The number of hydrogen-bond acceptors (Lipinski definition) is 5. The third-order valence-corrected chi connectivity index (χ3v) is 2.93. The van der Waals surface area contributed by atoms with Gasteiger partial charge in [-0.2, -0.15) is 5.10 Å². The lowest BCUT2D eigenvalue weighted by atomic mass is 10.2. The number of carbonyl (C=O) groups excluding carboxylic acids is 1. The molecule has 0 spiro atoms. The smallest absolute Gasteiger partial charge is 0.360 e. The maximum absolute atomic E-state index is 11.7. The van der Waals surface area contributed by atoms with E-state index in [0.717, 1.165) is 11.3 Å². The fourth-order valence-electron chi connectivity index (χ4n) is 0.917. The van der Waals surface area contributed by atoms with Crippen molar-refractivity contribution in [3.8, 4) is 0 Å². The Morgan fingerprint density at radius 3 is 2.75 bits per heavy atom. The van der Waals surface area contributed by atoms with Crippen LogP contribution in [0.25, 0.3) is 0 Å². The normalized spacial score (nSPS) is 11.2. The van der Waals surface area contributed by atoms with E-state index in [1.807, 2.05) is 0 Å². The van der Waals surface area contributed by atoms with Crippen LogP contribution < -0.4 is 5.43 Å². The van der Waals surface area contributed by atoms with Gasteiger partial charge in [0.05, 0.1) is 9.90 Å². The number of rotatable bonds is 5. The molecule has 0 bridgehead atoms. The van der Waals surface area contributed by atoms with Gasteiger partial charge in [0.15, 0.2) is 0 Å². The SMILES string of the molecule is CCNN=C(C(=O)O)C(=O)c1sccc1Cl.